The van der Waals surface area contributed by atoms with Crippen LogP contribution in [0.15, 0.2) is 44.8 Å². The van der Waals surface area contributed by atoms with E-state index in [0.717, 1.165) is 5.16 Å². The second-order valence-electron chi connectivity index (χ2n) is 6.24. The molecule has 3 aromatic heterocycles. The largest absolute Gasteiger partial charge is 0.459 e. The second kappa shape index (κ2) is 7.82. The number of aryl methyl sites for hydroxylation is 1. The third-order valence-electron chi connectivity index (χ3n) is 4.47. The second-order valence-corrected chi connectivity index (χ2v) is 7.18. The van der Waals surface area contributed by atoms with Gasteiger partial charge in [0.05, 0.1) is 12.0 Å². The predicted octanol–water partition coefficient (Wildman–Crippen LogP) is 1.98. The van der Waals surface area contributed by atoms with E-state index in [4.69, 9.17) is 8.83 Å². The van der Waals surface area contributed by atoms with Crippen LogP contribution in [0.25, 0.3) is 11.7 Å². The van der Waals surface area contributed by atoms with Crippen molar-refractivity contribution in [2.24, 2.45) is 7.05 Å². The van der Waals surface area contributed by atoms with Crippen LogP contribution < -0.4 is 4.90 Å². The molecule has 1 saturated heterocycles. The van der Waals surface area contributed by atoms with E-state index >= 15 is 0 Å². The third kappa shape index (κ3) is 3.61. The lowest BCUT2D eigenvalue weighted by Gasteiger charge is -2.34. The lowest BCUT2D eigenvalue weighted by atomic mass is 10.3. The molecule has 9 nitrogen and oxygen atoms in total. The minimum Gasteiger partial charge on any atom is -0.459 e. The number of anilines is 1. The van der Waals surface area contributed by atoms with Crippen LogP contribution in [0.2, 0.25) is 0 Å². The molecule has 3 aromatic rings. The lowest BCUT2D eigenvalue weighted by Crippen LogP contribution is -2.49. The molecule has 144 valence electrons. The van der Waals surface area contributed by atoms with Crippen molar-refractivity contribution in [2.75, 3.05) is 36.8 Å². The SMILES string of the molecule is Cn1ccnc1SCC(=O)N1CCN(c2oc(-c3ccco3)nc2C#N)CC1. The molecule has 0 N–H and O–H groups in total. The van der Waals surface area contributed by atoms with Crippen molar-refractivity contribution >= 4 is 23.6 Å². The summed E-state index contributed by atoms with van der Waals surface area (Å²) in [6.45, 7) is 2.25. The van der Waals surface area contributed by atoms with Crippen molar-refractivity contribution < 1.29 is 13.6 Å². The predicted molar refractivity (Wildman–Crippen MR) is 102 cm³/mol. The Kier molecular flexibility index (Phi) is 5.08. The van der Waals surface area contributed by atoms with E-state index in [1.165, 1.54) is 18.0 Å². The fraction of sp³-hybridized carbons (Fsp3) is 0.333. The summed E-state index contributed by atoms with van der Waals surface area (Å²) in [6, 6.07) is 5.53. The van der Waals surface area contributed by atoms with E-state index < -0.39 is 0 Å². The summed E-state index contributed by atoms with van der Waals surface area (Å²) in [7, 11) is 1.90. The summed E-state index contributed by atoms with van der Waals surface area (Å²) in [5.74, 6) is 1.59. The number of nitrogens with zero attached hydrogens (tertiary/aromatic N) is 6. The van der Waals surface area contributed by atoms with Crippen molar-refractivity contribution in [2.45, 2.75) is 5.16 Å². The number of nitriles is 1. The van der Waals surface area contributed by atoms with Crippen molar-refractivity contribution in [1.82, 2.24) is 19.4 Å². The first-order valence-electron chi connectivity index (χ1n) is 8.73. The van der Waals surface area contributed by atoms with Gasteiger partial charge in [-0.15, -0.1) is 0 Å². The van der Waals surface area contributed by atoms with Crippen LogP contribution in [-0.4, -0.2) is 57.3 Å². The van der Waals surface area contributed by atoms with Gasteiger partial charge in [-0.1, -0.05) is 11.8 Å². The first-order chi connectivity index (χ1) is 13.7. The Morgan fingerprint density at radius 2 is 2.18 bits per heavy atom. The van der Waals surface area contributed by atoms with Crippen molar-refractivity contribution in [3.63, 3.8) is 0 Å². The molecule has 0 saturated carbocycles. The highest BCUT2D eigenvalue weighted by molar-refractivity contribution is 7.99. The van der Waals surface area contributed by atoms with Gasteiger partial charge in [0.1, 0.15) is 6.07 Å². The fourth-order valence-corrected chi connectivity index (χ4v) is 3.81. The van der Waals surface area contributed by atoms with Crippen molar-refractivity contribution in [3.8, 4) is 17.7 Å². The molecular formula is C18H18N6O3S. The first kappa shape index (κ1) is 18.2. The lowest BCUT2D eigenvalue weighted by molar-refractivity contribution is -0.128. The molecule has 0 spiro atoms. The number of thioether (sulfide) groups is 1. The van der Waals surface area contributed by atoms with Gasteiger partial charge in [-0.05, 0) is 12.1 Å². The molecule has 0 unspecified atom stereocenters. The number of amides is 1. The van der Waals surface area contributed by atoms with Crippen molar-refractivity contribution in [1.29, 1.82) is 5.26 Å². The molecule has 0 atom stereocenters. The van der Waals surface area contributed by atoms with E-state index in [2.05, 4.69) is 16.0 Å². The topological polar surface area (TPSA) is 104 Å². The molecule has 0 aliphatic carbocycles. The van der Waals surface area contributed by atoms with Gasteiger partial charge >= 0.3 is 0 Å². The minimum absolute atomic E-state index is 0.0713. The smallest absolute Gasteiger partial charge is 0.266 e. The zero-order valence-electron chi connectivity index (χ0n) is 15.2. The number of oxazole rings is 1. The van der Waals surface area contributed by atoms with Gasteiger partial charge in [0.15, 0.2) is 10.9 Å². The standard InChI is InChI=1S/C18H18N6O3S/c1-22-5-4-20-18(22)28-12-15(25)23-6-8-24(9-7-23)17-13(11-19)21-16(27-17)14-3-2-10-26-14/h2-5,10H,6-9,12H2,1H3. The third-order valence-corrected chi connectivity index (χ3v) is 5.51. The van der Waals surface area contributed by atoms with Crippen LogP contribution in [0, 0.1) is 11.3 Å². The summed E-state index contributed by atoms with van der Waals surface area (Å²) >= 11 is 1.43. The maximum atomic E-state index is 12.5. The molecule has 4 rings (SSSR count). The molecular weight excluding hydrogens is 380 g/mol. The molecule has 0 aromatic carbocycles. The van der Waals surface area contributed by atoms with E-state index in [-0.39, 0.29) is 17.5 Å². The molecule has 1 fully saturated rings. The highest BCUT2D eigenvalue weighted by Crippen LogP contribution is 2.29. The van der Waals surface area contributed by atoms with Gasteiger partial charge in [-0.25, -0.2) is 4.98 Å². The Hall–Kier alpha value is -3.19. The highest BCUT2D eigenvalue weighted by Gasteiger charge is 2.27. The maximum Gasteiger partial charge on any atom is 0.266 e. The van der Waals surface area contributed by atoms with Crippen LogP contribution in [0.4, 0.5) is 5.88 Å². The van der Waals surface area contributed by atoms with Gasteiger partial charge in [0.2, 0.25) is 17.5 Å². The van der Waals surface area contributed by atoms with Gasteiger partial charge in [0, 0.05) is 45.6 Å². The average Bonchev–Trinajstić information content (AvgIpc) is 3.46. The van der Waals surface area contributed by atoms with E-state index in [9.17, 15) is 10.1 Å². The number of rotatable bonds is 5. The molecule has 10 heteroatoms. The number of carbonyl (C=O) groups excluding carboxylic acids is 1. The summed E-state index contributed by atoms with van der Waals surface area (Å²) < 4.78 is 13.0. The Morgan fingerprint density at radius 1 is 1.36 bits per heavy atom. The van der Waals surface area contributed by atoms with E-state index in [1.54, 1.807) is 18.3 Å². The molecule has 1 amide bonds. The van der Waals surface area contributed by atoms with E-state index in [0.29, 0.717) is 43.6 Å². The number of aromatic nitrogens is 3. The summed E-state index contributed by atoms with van der Waals surface area (Å²) in [5.41, 5.74) is 0.219. The number of hydrogen-bond donors (Lipinski definition) is 0. The summed E-state index contributed by atoms with van der Waals surface area (Å²) in [5, 5.41) is 10.2. The maximum absolute atomic E-state index is 12.5. The Bertz CT molecular complexity index is 995. The van der Waals surface area contributed by atoms with Crippen LogP contribution in [0.3, 0.4) is 0 Å². The van der Waals surface area contributed by atoms with Crippen LogP contribution in [0.1, 0.15) is 5.69 Å². The molecule has 0 radical (unpaired) electrons. The molecule has 28 heavy (non-hydrogen) atoms. The van der Waals surface area contributed by atoms with E-state index in [1.807, 2.05) is 27.6 Å². The quantitative estimate of drug-likeness (QED) is 0.601. The zero-order valence-corrected chi connectivity index (χ0v) is 16.1. The number of piperazine rings is 1. The molecule has 1 aliphatic heterocycles. The van der Waals surface area contributed by atoms with Gasteiger partial charge in [0.25, 0.3) is 5.89 Å². The fourth-order valence-electron chi connectivity index (χ4n) is 2.97. The van der Waals surface area contributed by atoms with Crippen LogP contribution >= 0.6 is 11.8 Å². The van der Waals surface area contributed by atoms with Crippen LogP contribution in [-0.2, 0) is 11.8 Å². The average molecular weight is 398 g/mol. The first-order valence-corrected chi connectivity index (χ1v) is 9.72. The number of furan rings is 1. The molecule has 1 aliphatic rings. The Labute approximate surface area is 165 Å². The molecule has 4 heterocycles. The number of imidazole rings is 1. The van der Waals surface area contributed by atoms with Gasteiger partial charge in [-0.3, -0.25) is 4.79 Å². The summed E-state index contributed by atoms with van der Waals surface area (Å²) in [6.07, 6.45) is 5.10. The van der Waals surface area contributed by atoms with Gasteiger partial charge in [-0.2, -0.15) is 10.2 Å². The number of hydrogen-bond acceptors (Lipinski definition) is 8. The Morgan fingerprint density at radius 3 is 2.82 bits per heavy atom. The normalized spacial score (nSPS) is 14.3. The zero-order chi connectivity index (χ0) is 19.5. The monoisotopic (exact) mass is 398 g/mol. The van der Waals surface area contributed by atoms with Crippen molar-refractivity contribution in [3.05, 3.63) is 36.5 Å². The van der Waals surface area contributed by atoms with Crippen LogP contribution in [0.5, 0.6) is 0 Å². The van der Waals surface area contributed by atoms with Gasteiger partial charge < -0.3 is 23.2 Å². The highest BCUT2D eigenvalue weighted by atomic mass is 32.2. The molecule has 0 bridgehead atoms. The number of carbonyl (C=O) groups is 1. The Balaban J connectivity index is 1.37. The summed E-state index contributed by atoms with van der Waals surface area (Å²) in [4.78, 5) is 24.7. The minimum atomic E-state index is 0.0713.